The molecule has 2 aromatic heterocycles. The van der Waals surface area contributed by atoms with Crippen molar-refractivity contribution in [3.05, 3.63) is 60.3 Å². The predicted molar refractivity (Wildman–Crippen MR) is 114 cm³/mol. The Labute approximate surface area is 157 Å². The summed E-state index contributed by atoms with van der Waals surface area (Å²) in [4.78, 5) is 4.62. The van der Waals surface area contributed by atoms with Crippen molar-refractivity contribution >= 4 is 39.6 Å². The SMILES string of the molecule is CC(C)c1ccnc(-c2cccc3c2oc2c[c]([Ge]([CH3])([CH3])[CH3])ccc23)c1. The first kappa shape index (κ1) is 17.4. The fraction of sp³-hybridized carbons (Fsp3) is 0.261. The third kappa shape index (κ3) is 2.97. The molecule has 132 valence electrons. The van der Waals surface area contributed by atoms with Crippen molar-refractivity contribution in [2.45, 2.75) is 37.0 Å². The number of furan rings is 1. The molecule has 4 rings (SSSR count). The molecule has 0 amide bonds. The van der Waals surface area contributed by atoms with Gasteiger partial charge in [-0.1, -0.05) is 0 Å². The van der Waals surface area contributed by atoms with Gasteiger partial charge in [-0.15, -0.1) is 0 Å². The average molecular weight is 404 g/mol. The van der Waals surface area contributed by atoms with E-state index in [1.165, 1.54) is 20.7 Å². The van der Waals surface area contributed by atoms with Gasteiger partial charge < -0.3 is 0 Å². The van der Waals surface area contributed by atoms with Gasteiger partial charge in [0.15, 0.2) is 0 Å². The van der Waals surface area contributed by atoms with E-state index in [1.807, 2.05) is 6.20 Å². The van der Waals surface area contributed by atoms with Gasteiger partial charge in [0.05, 0.1) is 0 Å². The molecule has 0 unspecified atom stereocenters. The van der Waals surface area contributed by atoms with Crippen molar-refractivity contribution in [1.29, 1.82) is 0 Å². The zero-order valence-corrected chi connectivity index (χ0v) is 18.2. The molecule has 26 heavy (non-hydrogen) atoms. The van der Waals surface area contributed by atoms with E-state index < -0.39 is 13.3 Å². The van der Waals surface area contributed by atoms with Gasteiger partial charge in [-0.05, 0) is 0 Å². The summed E-state index contributed by atoms with van der Waals surface area (Å²) in [6.45, 7) is 4.42. The van der Waals surface area contributed by atoms with Crippen molar-refractivity contribution in [3.63, 3.8) is 0 Å². The van der Waals surface area contributed by atoms with Gasteiger partial charge in [-0.3, -0.25) is 0 Å². The molecule has 0 atom stereocenters. The maximum atomic E-state index is 6.36. The van der Waals surface area contributed by atoms with E-state index in [2.05, 4.69) is 84.6 Å². The molecule has 0 aliphatic heterocycles. The summed E-state index contributed by atoms with van der Waals surface area (Å²) in [7, 11) is 0. The number of hydrogen-bond donors (Lipinski definition) is 0. The first-order chi connectivity index (χ1) is 12.3. The number of rotatable bonds is 3. The molecule has 3 heteroatoms. The van der Waals surface area contributed by atoms with Gasteiger partial charge in [0.25, 0.3) is 0 Å². The zero-order valence-electron chi connectivity index (χ0n) is 16.1. The summed E-state index contributed by atoms with van der Waals surface area (Å²) in [6, 6.07) is 17.4. The first-order valence-corrected chi connectivity index (χ1v) is 16.6. The van der Waals surface area contributed by atoms with Crippen LogP contribution in [0.4, 0.5) is 0 Å². The van der Waals surface area contributed by atoms with E-state index >= 15 is 0 Å². The second kappa shape index (κ2) is 6.27. The summed E-state index contributed by atoms with van der Waals surface area (Å²) in [5, 5.41) is 2.36. The van der Waals surface area contributed by atoms with Crippen LogP contribution in [0.25, 0.3) is 33.2 Å². The van der Waals surface area contributed by atoms with E-state index in [-0.39, 0.29) is 0 Å². The number of para-hydroxylation sites is 1. The molecule has 2 nitrogen and oxygen atoms in total. The molecule has 0 N–H and O–H groups in total. The van der Waals surface area contributed by atoms with Gasteiger partial charge >= 0.3 is 158 Å². The van der Waals surface area contributed by atoms with Crippen LogP contribution in [0.3, 0.4) is 0 Å². The van der Waals surface area contributed by atoms with Gasteiger partial charge in [0.2, 0.25) is 0 Å². The molecule has 2 heterocycles. The summed E-state index contributed by atoms with van der Waals surface area (Å²) >= 11 is -1.88. The van der Waals surface area contributed by atoms with Crippen LogP contribution in [-0.4, -0.2) is 18.3 Å². The van der Waals surface area contributed by atoms with Gasteiger partial charge in [-0.2, -0.15) is 0 Å². The molecule has 0 bridgehead atoms. The topological polar surface area (TPSA) is 26.0 Å². The average Bonchev–Trinajstić information content (AvgIpc) is 2.99. The fourth-order valence-electron chi connectivity index (χ4n) is 3.42. The monoisotopic (exact) mass is 405 g/mol. The maximum absolute atomic E-state index is 6.36. The second-order valence-electron chi connectivity index (χ2n) is 8.37. The summed E-state index contributed by atoms with van der Waals surface area (Å²) in [6.07, 6.45) is 1.90. The Morgan fingerprint density at radius 1 is 0.923 bits per heavy atom. The molecule has 2 aromatic carbocycles. The molecule has 0 aliphatic carbocycles. The fourth-order valence-corrected chi connectivity index (χ4v) is 5.83. The molecule has 4 aromatic rings. The van der Waals surface area contributed by atoms with Gasteiger partial charge in [0.1, 0.15) is 0 Å². The van der Waals surface area contributed by atoms with Crippen molar-refractivity contribution < 1.29 is 4.42 Å². The number of benzene rings is 2. The molecule has 0 radical (unpaired) electrons. The number of fused-ring (bicyclic) bond motifs is 3. The van der Waals surface area contributed by atoms with Crippen molar-refractivity contribution in [2.24, 2.45) is 0 Å². The van der Waals surface area contributed by atoms with Crippen LogP contribution >= 0.6 is 0 Å². The van der Waals surface area contributed by atoms with Crippen LogP contribution in [0.5, 0.6) is 0 Å². The van der Waals surface area contributed by atoms with Crippen LogP contribution in [0.2, 0.25) is 17.3 Å². The minimum atomic E-state index is -1.88. The van der Waals surface area contributed by atoms with Crippen LogP contribution in [-0.2, 0) is 0 Å². The molecule has 0 saturated heterocycles. The Morgan fingerprint density at radius 3 is 2.46 bits per heavy atom. The second-order valence-corrected chi connectivity index (χ2v) is 19.0. The number of aromatic nitrogens is 1. The van der Waals surface area contributed by atoms with Crippen LogP contribution in [0.1, 0.15) is 25.3 Å². The first-order valence-electron chi connectivity index (χ1n) is 9.26. The Morgan fingerprint density at radius 2 is 1.73 bits per heavy atom. The number of nitrogens with zero attached hydrogens (tertiary/aromatic N) is 1. The molecule has 0 saturated carbocycles. The van der Waals surface area contributed by atoms with Gasteiger partial charge in [0, 0.05) is 0 Å². The Bertz CT molecular complexity index is 1100. The van der Waals surface area contributed by atoms with Gasteiger partial charge in [-0.25, -0.2) is 0 Å². The van der Waals surface area contributed by atoms with E-state index in [1.54, 1.807) is 0 Å². The van der Waals surface area contributed by atoms with E-state index in [9.17, 15) is 0 Å². The number of pyridine rings is 1. The quantitative estimate of drug-likeness (QED) is 0.374. The van der Waals surface area contributed by atoms with Crippen LogP contribution in [0, 0.1) is 0 Å². The van der Waals surface area contributed by atoms with Crippen LogP contribution < -0.4 is 4.40 Å². The van der Waals surface area contributed by atoms with E-state index in [0.717, 1.165) is 22.4 Å². The van der Waals surface area contributed by atoms with E-state index in [4.69, 9.17) is 4.42 Å². The molecule has 0 spiro atoms. The van der Waals surface area contributed by atoms with Crippen LogP contribution in [0.15, 0.2) is 59.1 Å². The summed E-state index contributed by atoms with van der Waals surface area (Å²) in [5.41, 5.74) is 5.28. The standard InChI is InChI=1S/C23H25GeNO/c1-15(2)16-11-12-25-21(13-16)20-8-6-7-19-18-10-9-17(24(3,4)5)14-22(18)26-23(19)20/h6-15H,1-5H3. The van der Waals surface area contributed by atoms with E-state index in [0.29, 0.717) is 5.92 Å². The zero-order chi connectivity index (χ0) is 18.5. The predicted octanol–water partition coefficient (Wildman–Crippen LogP) is 6.32. The Kier molecular flexibility index (Phi) is 4.19. The Balaban J connectivity index is 1.95. The molecular weight excluding hydrogens is 379 g/mol. The van der Waals surface area contributed by atoms with Crippen molar-refractivity contribution in [1.82, 2.24) is 4.98 Å². The number of hydrogen-bond acceptors (Lipinski definition) is 2. The Hall–Kier alpha value is -2.07. The third-order valence-electron chi connectivity index (χ3n) is 5.09. The normalized spacial score (nSPS) is 12.4. The van der Waals surface area contributed by atoms with Crippen molar-refractivity contribution in [3.8, 4) is 11.3 Å². The summed E-state index contributed by atoms with van der Waals surface area (Å²) in [5.74, 6) is 7.72. The molecule has 0 aliphatic rings. The third-order valence-corrected chi connectivity index (χ3v) is 9.38. The molecular formula is C23H25GeNO. The molecule has 0 fully saturated rings. The summed E-state index contributed by atoms with van der Waals surface area (Å²) < 4.78 is 7.83. The minimum absolute atomic E-state index is 0.479. The van der Waals surface area contributed by atoms with Crippen molar-refractivity contribution in [2.75, 3.05) is 0 Å².